The van der Waals surface area contributed by atoms with Crippen LogP contribution in [0.1, 0.15) is 38.1 Å². The van der Waals surface area contributed by atoms with Crippen molar-refractivity contribution in [2.24, 2.45) is 0 Å². The summed E-state index contributed by atoms with van der Waals surface area (Å²) < 4.78 is 5.22. The average Bonchev–Trinajstić information content (AvgIpc) is 2.83. The summed E-state index contributed by atoms with van der Waals surface area (Å²) in [6.45, 7) is 6.95. The Morgan fingerprint density at radius 1 is 1.33 bits per heavy atom. The van der Waals surface area contributed by atoms with Gasteiger partial charge in [-0.1, -0.05) is 0 Å². The summed E-state index contributed by atoms with van der Waals surface area (Å²) in [7, 11) is 0. The Kier molecular flexibility index (Phi) is 3.97. The number of hydrogen-bond donors (Lipinski definition) is 2. The first-order valence-corrected chi connectivity index (χ1v) is 6.73. The van der Waals surface area contributed by atoms with E-state index < -0.39 is 17.6 Å². The molecule has 0 radical (unpaired) electrons. The molecule has 1 aromatic heterocycles. The van der Waals surface area contributed by atoms with Crippen molar-refractivity contribution in [3.8, 4) is 0 Å². The minimum atomic E-state index is -0.714. The number of benzene rings is 1. The Labute approximate surface area is 122 Å². The van der Waals surface area contributed by atoms with E-state index in [1.807, 2.05) is 0 Å². The van der Waals surface area contributed by atoms with Crippen molar-refractivity contribution in [2.45, 2.75) is 39.3 Å². The molecule has 112 valence electrons. The quantitative estimate of drug-likeness (QED) is 0.847. The van der Waals surface area contributed by atoms with Gasteiger partial charge in [0.15, 0.2) is 0 Å². The fourth-order valence-electron chi connectivity index (χ4n) is 1.81. The lowest BCUT2D eigenvalue weighted by Gasteiger charge is -2.22. The molecule has 0 saturated carbocycles. The van der Waals surface area contributed by atoms with Gasteiger partial charge in [-0.15, -0.1) is 0 Å². The van der Waals surface area contributed by atoms with Crippen LogP contribution in [0.25, 0.3) is 11.0 Å². The lowest BCUT2D eigenvalue weighted by molar-refractivity contribution is -0.156. The molecule has 1 atom stereocenters. The molecule has 0 saturated heterocycles. The van der Waals surface area contributed by atoms with E-state index in [9.17, 15) is 9.59 Å². The number of hydrogen-bond acceptors (Lipinski definition) is 4. The molecule has 0 fully saturated rings. The fraction of sp³-hybridized carbons (Fsp3) is 0.400. The zero-order chi connectivity index (χ0) is 15.6. The van der Waals surface area contributed by atoms with Crippen LogP contribution in [0, 0.1) is 0 Å². The highest BCUT2D eigenvalue weighted by molar-refractivity contribution is 5.99. The van der Waals surface area contributed by atoms with E-state index in [4.69, 9.17) is 4.74 Å². The van der Waals surface area contributed by atoms with Gasteiger partial charge in [-0.05, 0) is 45.9 Å². The van der Waals surface area contributed by atoms with Gasteiger partial charge in [-0.2, -0.15) is 0 Å². The number of H-pyrrole nitrogens is 1. The molecule has 1 aromatic carbocycles. The minimum Gasteiger partial charge on any atom is -0.458 e. The maximum Gasteiger partial charge on any atom is 0.328 e. The number of aromatic amines is 1. The van der Waals surface area contributed by atoms with Gasteiger partial charge >= 0.3 is 5.97 Å². The van der Waals surface area contributed by atoms with Gasteiger partial charge in [-0.3, -0.25) is 4.79 Å². The maximum atomic E-state index is 12.1. The molecule has 0 bridgehead atoms. The van der Waals surface area contributed by atoms with E-state index in [1.165, 1.54) is 0 Å². The van der Waals surface area contributed by atoms with Crippen LogP contribution in [0.15, 0.2) is 24.5 Å². The first-order chi connectivity index (χ1) is 9.76. The summed E-state index contributed by atoms with van der Waals surface area (Å²) in [6.07, 6.45) is 1.57. The number of amides is 1. The standard InChI is InChI=1S/C15H19N3O3/c1-9(14(20)21-15(2,3)4)18-13(19)10-5-6-11-12(7-10)17-8-16-11/h5-9H,1-4H3,(H,16,17)(H,18,19)/t9-/m0/s1. The van der Waals surface area contributed by atoms with Crippen LogP contribution in [0.5, 0.6) is 0 Å². The Bertz CT molecular complexity index is 670. The van der Waals surface area contributed by atoms with Gasteiger partial charge < -0.3 is 15.0 Å². The number of carbonyl (C=O) groups is 2. The summed E-state index contributed by atoms with van der Waals surface area (Å²) >= 11 is 0. The van der Waals surface area contributed by atoms with E-state index in [2.05, 4.69) is 15.3 Å². The molecule has 6 heteroatoms. The van der Waals surface area contributed by atoms with Crippen LogP contribution in [0.4, 0.5) is 0 Å². The van der Waals surface area contributed by atoms with Gasteiger partial charge in [0.25, 0.3) is 5.91 Å². The van der Waals surface area contributed by atoms with E-state index in [0.29, 0.717) is 5.56 Å². The summed E-state index contributed by atoms with van der Waals surface area (Å²) in [5, 5.41) is 2.63. The summed E-state index contributed by atoms with van der Waals surface area (Å²) in [5.74, 6) is -0.789. The van der Waals surface area contributed by atoms with Crippen molar-refractivity contribution in [1.29, 1.82) is 0 Å². The second kappa shape index (κ2) is 5.55. The molecule has 6 nitrogen and oxygen atoms in total. The van der Waals surface area contributed by atoms with Crippen molar-refractivity contribution in [3.63, 3.8) is 0 Å². The number of rotatable bonds is 3. The predicted octanol–water partition coefficient (Wildman–Crippen LogP) is 2.02. The van der Waals surface area contributed by atoms with Crippen LogP contribution in [-0.2, 0) is 9.53 Å². The fourth-order valence-corrected chi connectivity index (χ4v) is 1.81. The van der Waals surface area contributed by atoms with Crippen molar-refractivity contribution < 1.29 is 14.3 Å². The molecule has 1 amide bonds. The molecule has 21 heavy (non-hydrogen) atoms. The highest BCUT2D eigenvalue weighted by Crippen LogP contribution is 2.12. The first kappa shape index (κ1) is 15.0. The van der Waals surface area contributed by atoms with Gasteiger partial charge in [0, 0.05) is 5.56 Å². The molecule has 0 aliphatic rings. The normalized spacial score (nSPS) is 13.0. The van der Waals surface area contributed by atoms with Crippen LogP contribution in [0.2, 0.25) is 0 Å². The highest BCUT2D eigenvalue weighted by atomic mass is 16.6. The number of aromatic nitrogens is 2. The molecular weight excluding hydrogens is 270 g/mol. The summed E-state index contributed by atoms with van der Waals surface area (Å²) in [4.78, 5) is 31.0. The van der Waals surface area contributed by atoms with Gasteiger partial charge in [-0.25, -0.2) is 9.78 Å². The van der Waals surface area contributed by atoms with E-state index in [-0.39, 0.29) is 5.91 Å². The van der Waals surface area contributed by atoms with Crippen molar-refractivity contribution in [2.75, 3.05) is 0 Å². The molecule has 2 N–H and O–H groups in total. The van der Waals surface area contributed by atoms with Gasteiger partial charge in [0.2, 0.25) is 0 Å². The lowest BCUT2D eigenvalue weighted by Crippen LogP contribution is -2.42. The Balaban J connectivity index is 2.04. The second-order valence-electron chi connectivity index (χ2n) is 5.86. The number of fused-ring (bicyclic) bond motifs is 1. The number of carbonyl (C=O) groups excluding carboxylic acids is 2. The third kappa shape index (κ3) is 3.81. The number of nitrogens with zero attached hydrogens (tertiary/aromatic N) is 1. The van der Waals surface area contributed by atoms with Crippen LogP contribution >= 0.6 is 0 Å². The minimum absolute atomic E-state index is 0.329. The summed E-state index contributed by atoms with van der Waals surface area (Å²) in [6, 6.07) is 4.40. The summed E-state index contributed by atoms with van der Waals surface area (Å²) in [5.41, 5.74) is 1.44. The molecule has 0 unspecified atom stereocenters. The number of imidazole rings is 1. The monoisotopic (exact) mass is 289 g/mol. The third-order valence-corrected chi connectivity index (χ3v) is 2.79. The Morgan fingerprint density at radius 2 is 2.05 bits per heavy atom. The number of ether oxygens (including phenoxy) is 1. The van der Waals surface area contributed by atoms with Gasteiger partial charge in [0.05, 0.1) is 17.4 Å². The predicted molar refractivity (Wildman–Crippen MR) is 78.9 cm³/mol. The topological polar surface area (TPSA) is 84.1 Å². The first-order valence-electron chi connectivity index (χ1n) is 6.73. The van der Waals surface area contributed by atoms with Crippen LogP contribution in [-0.4, -0.2) is 33.5 Å². The van der Waals surface area contributed by atoms with Crippen molar-refractivity contribution >= 4 is 22.9 Å². The molecule has 2 aromatic rings. The van der Waals surface area contributed by atoms with Crippen LogP contribution < -0.4 is 5.32 Å². The average molecular weight is 289 g/mol. The molecule has 0 aliphatic heterocycles. The molecule has 1 heterocycles. The lowest BCUT2D eigenvalue weighted by atomic mass is 10.1. The Hall–Kier alpha value is -2.37. The zero-order valence-corrected chi connectivity index (χ0v) is 12.6. The second-order valence-corrected chi connectivity index (χ2v) is 5.86. The van der Waals surface area contributed by atoms with E-state index in [1.54, 1.807) is 52.2 Å². The largest absolute Gasteiger partial charge is 0.458 e. The van der Waals surface area contributed by atoms with E-state index >= 15 is 0 Å². The zero-order valence-electron chi connectivity index (χ0n) is 12.6. The van der Waals surface area contributed by atoms with E-state index in [0.717, 1.165) is 11.0 Å². The molecular formula is C15H19N3O3. The molecule has 0 aliphatic carbocycles. The van der Waals surface area contributed by atoms with Crippen LogP contribution in [0.3, 0.4) is 0 Å². The number of esters is 1. The maximum absolute atomic E-state index is 12.1. The van der Waals surface area contributed by atoms with Crippen molar-refractivity contribution in [3.05, 3.63) is 30.1 Å². The third-order valence-electron chi connectivity index (χ3n) is 2.79. The molecule has 2 rings (SSSR count). The van der Waals surface area contributed by atoms with Crippen molar-refractivity contribution in [1.82, 2.24) is 15.3 Å². The number of nitrogens with one attached hydrogen (secondary N) is 2. The SMILES string of the molecule is C[C@H](NC(=O)c1ccc2nc[nH]c2c1)C(=O)OC(C)(C)C. The highest BCUT2D eigenvalue weighted by Gasteiger charge is 2.23. The van der Waals surface area contributed by atoms with Gasteiger partial charge in [0.1, 0.15) is 11.6 Å². The Morgan fingerprint density at radius 3 is 2.71 bits per heavy atom. The smallest absolute Gasteiger partial charge is 0.328 e. The molecule has 0 spiro atoms.